The van der Waals surface area contributed by atoms with Crippen LogP contribution in [0.1, 0.15) is 21.5 Å². The van der Waals surface area contributed by atoms with Crippen molar-refractivity contribution in [1.82, 2.24) is 5.43 Å². The van der Waals surface area contributed by atoms with E-state index in [1.165, 1.54) is 6.21 Å². The number of carbonyl (C=O) groups excluding carboxylic acids is 1. The van der Waals surface area contributed by atoms with Crippen LogP contribution in [0.4, 0.5) is 0 Å². The second kappa shape index (κ2) is 10.1. The first-order chi connectivity index (χ1) is 15.7. The molecule has 32 heavy (non-hydrogen) atoms. The summed E-state index contributed by atoms with van der Waals surface area (Å²) in [6, 6.07) is 31.8. The Bertz CT molecular complexity index is 1200. The van der Waals surface area contributed by atoms with E-state index in [9.17, 15) is 9.90 Å². The largest absolute Gasteiger partial charge is 0.508 e. The lowest BCUT2D eigenvalue weighted by Crippen LogP contribution is -2.17. The van der Waals surface area contributed by atoms with E-state index >= 15 is 0 Å². The Labute approximate surface area is 186 Å². The number of carbonyl (C=O) groups is 1. The van der Waals surface area contributed by atoms with Crippen LogP contribution in [0.5, 0.6) is 11.5 Å². The number of para-hydroxylation sites is 1. The molecule has 5 nitrogen and oxygen atoms in total. The van der Waals surface area contributed by atoms with Crippen LogP contribution in [-0.2, 0) is 6.61 Å². The maximum Gasteiger partial charge on any atom is 0.271 e. The van der Waals surface area contributed by atoms with Crippen molar-refractivity contribution < 1.29 is 14.6 Å². The Morgan fingerprint density at radius 2 is 1.53 bits per heavy atom. The predicted octanol–water partition coefficient (Wildman–Crippen LogP) is 5.40. The SMILES string of the molecule is O=C(N/N=C/c1ccc(O)cc1)c1ccc(COc2ccccc2-c2ccccc2)cc1. The van der Waals surface area contributed by atoms with Gasteiger partial charge in [0.1, 0.15) is 18.1 Å². The summed E-state index contributed by atoms with van der Waals surface area (Å²) < 4.78 is 6.06. The van der Waals surface area contributed by atoms with Crippen LogP contribution in [0, 0.1) is 0 Å². The van der Waals surface area contributed by atoms with Crippen molar-refractivity contribution in [2.45, 2.75) is 6.61 Å². The van der Waals surface area contributed by atoms with Crippen molar-refractivity contribution in [1.29, 1.82) is 0 Å². The van der Waals surface area contributed by atoms with E-state index in [1.807, 2.05) is 54.6 Å². The highest BCUT2D eigenvalue weighted by atomic mass is 16.5. The van der Waals surface area contributed by atoms with Crippen molar-refractivity contribution in [3.63, 3.8) is 0 Å². The van der Waals surface area contributed by atoms with Crippen LogP contribution in [0.15, 0.2) is 108 Å². The van der Waals surface area contributed by atoms with E-state index in [0.29, 0.717) is 12.2 Å². The Balaban J connectivity index is 1.35. The highest BCUT2D eigenvalue weighted by molar-refractivity contribution is 5.94. The number of hydrogen-bond acceptors (Lipinski definition) is 4. The molecule has 0 heterocycles. The second-order valence-electron chi connectivity index (χ2n) is 7.14. The van der Waals surface area contributed by atoms with Crippen LogP contribution in [0.3, 0.4) is 0 Å². The van der Waals surface area contributed by atoms with Gasteiger partial charge in [-0.15, -0.1) is 0 Å². The minimum atomic E-state index is -0.304. The molecule has 158 valence electrons. The summed E-state index contributed by atoms with van der Waals surface area (Å²) >= 11 is 0. The molecule has 0 aromatic heterocycles. The number of ether oxygens (including phenoxy) is 1. The molecule has 5 heteroatoms. The monoisotopic (exact) mass is 422 g/mol. The van der Waals surface area contributed by atoms with Gasteiger partial charge in [-0.05, 0) is 59.2 Å². The number of benzene rings is 4. The highest BCUT2D eigenvalue weighted by Crippen LogP contribution is 2.30. The second-order valence-corrected chi connectivity index (χ2v) is 7.14. The predicted molar refractivity (Wildman–Crippen MR) is 126 cm³/mol. The van der Waals surface area contributed by atoms with Gasteiger partial charge in [0.2, 0.25) is 0 Å². The smallest absolute Gasteiger partial charge is 0.271 e. The van der Waals surface area contributed by atoms with Crippen LogP contribution in [0.2, 0.25) is 0 Å². The summed E-state index contributed by atoms with van der Waals surface area (Å²) in [7, 11) is 0. The molecule has 0 atom stereocenters. The summed E-state index contributed by atoms with van der Waals surface area (Å²) in [5, 5.41) is 13.2. The fraction of sp³-hybridized carbons (Fsp3) is 0.0370. The quantitative estimate of drug-likeness (QED) is 0.309. The average Bonchev–Trinajstić information content (AvgIpc) is 2.85. The number of phenols is 1. The van der Waals surface area contributed by atoms with Gasteiger partial charge in [-0.2, -0.15) is 5.10 Å². The summed E-state index contributed by atoms with van der Waals surface area (Å²) in [4.78, 5) is 12.3. The minimum Gasteiger partial charge on any atom is -0.508 e. The van der Waals surface area contributed by atoms with Gasteiger partial charge >= 0.3 is 0 Å². The zero-order chi connectivity index (χ0) is 22.2. The lowest BCUT2D eigenvalue weighted by Gasteiger charge is -2.12. The molecule has 4 aromatic carbocycles. The van der Waals surface area contributed by atoms with E-state index in [4.69, 9.17) is 4.74 Å². The number of nitrogens with one attached hydrogen (secondary N) is 1. The minimum absolute atomic E-state index is 0.179. The van der Waals surface area contributed by atoms with E-state index < -0.39 is 0 Å². The normalized spacial score (nSPS) is 10.8. The third-order valence-electron chi connectivity index (χ3n) is 4.86. The molecule has 1 amide bonds. The van der Waals surface area contributed by atoms with E-state index in [2.05, 4.69) is 22.7 Å². The average molecular weight is 422 g/mol. The Kier molecular flexibility index (Phi) is 6.58. The fourth-order valence-corrected chi connectivity index (χ4v) is 3.15. The van der Waals surface area contributed by atoms with Crippen molar-refractivity contribution in [3.8, 4) is 22.6 Å². The van der Waals surface area contributed by atoms with E-state index in [-0.39, 0.29) is 11.7 Å². The van der Waals surface area contributed by atoms with Crippen molar-refractivity contribution >= 4 is 12.1 Å². The molecule has 0 saturated carbocycles. The molecule has 0 saturated heterocycles. The third kappa shape index (κ3) is 5.40. The number of phenolic OH excluding ortho intramolecular Hbond substituents is 1. The number of hydrazone groups is 1. The van der Waals surface area contributed by atoms with Crippen LogP contribution < -0.4 is 10.2 Å². The molecule has 0 spiro atoms. The molecule has 0 aliphatic carbocycles. The van der Waals surface area contributed by atoms with Crippen molar-refractivity contribution in [3.05, 3.63) is 120 Å². The van der Waals surface area contributed by atoms with Crippen LogP contribution in [-0.4, -0.2) is 17.2 Å². The van der Waals surface area contributed by atoms with Crippen LogP contribution >= 0.6 is 0 Å². The van der Waals surface area contributed by atoms with Gasteiger partial charge in [-0.1, -0.05) is 60.7 Å². The molecule has 0 fully saturated rings. The lowest BCUT2D eigenvalue weighted by molar-refractivity contribution is 0.0955. The number of aromatic hydroxyl groups is 1. The highest BCUT2D eigenvalue weighted by Gasteiger charge is 2.07. The topological polar surface area (TPSA) is 70.9 Å². The standard InChI is InChI=1S/C27H22N2O3/c30-24-16-12-20(13-17-24)18-28-29-27(31)23-14-10-21(11-15-23)19-32-26-9-5-4-8-25(26)22-6-2-1-3-7-22/h1-18,30H,19H2,(H,29,31)/b28-18+. The third-order valence-corrected chi connectivity index (χ3v) is 4.86. The van der Waals surface area contributed by atoms with Gasteiger partial charge in [0.15, 0.2) is 0 Å². The van der Waals surface area contributed by atoms with Crippen molar-refractivity contribution in [2.24, 2.45) is 5.10 Å². The Morgan fingerprint density at radius 3 is 2.28 bits per heavy atom. The molecule has 0 radical (unpaired) electrons. The zero-order valence-corrected chi connectivity index (χ0v) is 17.3. The van der Waals surface area contributed by atoms with E-state index in [0.717, 1.165) is 28.0 Å². The maximum absolute atomic E-state index is 12.3. The molecule has 2 N–H and O–H groups in total. The van der Waals surface area contributed by atoms with E-state index in [1.54, 1.807) is 36.4 Å². The zero-order valence-electron chi connectivity index (χ0n) is 17.3. The summed E-state index contributed by atoms with van der Waals surface area (Å²) in [5.41, 5.74) is 6.87. The van der Waals surface area contributed by atoms with Gasteiger partial charge < -0.3 is 9.84 Å². The first-order valence-corrected chi connectivity index (χ1v) is 10.2. The Morgan fingerprint density at radius 1 is 0.844 bits per heavy atom. The summed E-state index contributed by atoms with van der Waals surface area (Å²) in [6.45, 7) is 0.394. The molecule has 4 rings (SSSR count). The summed E-state index contributed by atoms with van der Waals surface area (Å²) in [6.07, 6.45) is 1.52. The van der Waals surface area contributed by atoms with Gasteiger partial charge in [0, 0.05) is 11.1 Å². The van der Waals surface area contributed by atoms with Gasteiger partial charge in [-0.3, -0.25) is 4.79 Å². The maximum atomic E-state index is 12.3. The lowest BCUT2D eigenvalue weighted by atomic mass is 10.0. The number of rotatable bonds is 7. The summed E-state index contributed by atoms with van der Waals surface area (Å²) in [5.74, 6) is 0.685. The van der Waals surface area contributed by atoms with Gasteiger partial charge in [-0.25, -0.2) is 5.43 Å². The molecule has 0 bridgehead atoms. The molecular weight excluding hydrogens is 400 g/mol. The molecule has 0 unspecified atom stereocenters. The van der Waals surface area contributed by atoms with Gasteiger partial charge in [0.05, 0.1) is 6.21 Å². The van der Waals surface area contributed by atoms with Crippen molar-refractivity contribution in [2.75, 3.05) is 0 Å². The number of hydrogen-bond donors (Lipinski definition) is 2. The first-order valence-electron chi connectivity index (χ1n) is 10.2. The number of nitrogens with zero attached hydrogens (tertiary/aromatic N) is 1. The fourth-order valence-electron chi connectivity index (χ4n) is 3.15. The number of amides is 1. The molecule has 4 aromatic rings. The first kappa shape index (κ1) is 20.9. The molecular formula is C27H22N2O3. The Hall–Kier alpha value is -4.38. The molecule has 0 aliphatic heterocycles. The molecule has 0 aliphatic rings. The van der Waals surface area contributed by atoms with Gasteiger partial charge in [0.25, 0.3) is 5.91 Å². The van der Waals surface area contributed by atoms with Crippen LogP contribution in [0.25, 0.3) is 11.1 Å².